The second-order valence-electron chi connectivity index (χ2n) is 10.4. The van der Waals surface area contributed by atoms with Crippen molar-refractivity contribution in [2.45, 2.75) is 36.1 Å². The molecule has 2 aromatic rings. The Bertz CT molecular complexity index is 1450. The van der Waals surface area contributed by atoms with E-state index in [-0.39, 0.29) is 23.4 Å². The normalized spacial score (nSPS) is 21.9. The van der Waals surface area contributed by atoms with E-state index in [1.54, 1.807) is 12.1 Å². The van der Waals surface area contributed by atoms with Crippen molar-refractivity contribution >= 4 is 54.8 Å². The van der Waals surface area contributed by atoms with Gasteiger partial charge in [-0.3, -0.25) is 24.6 Å². The molecule has 0 spiro atoms. The lowest BCUT2D eigenvalue weighted by molar-refractivity contribution is -0.138. The molecular weight excluding hydrogens is 531 g/mol. The molecule has 0 aromatic heterocycles. The summed E-state index contributed by atoms with van der Waals surface area (Å²) in [7, 11) is 23.7. The molecule has 3 aliphatic rings. The van der Waals surface area contributed by atoms with Gasteiger partial charge in [-0.1, -0.05) is 17.3 Å². The summed E-state index contributed by atoms with van der Waals surface area (Å²) in [5.74, 6) is -6.58. The molecule has 3 heterocycles. The van der Waals surface area contributed by atoms with Gasteiger partial charge in [-0.2, -0.15) is 0 Å². The van der Waals surface area contributed by atoms with Crippen LogP contribution in [0.15, 0.2) is 18.2 Å². The van der Waals surface area contributed by atoms with Crippen LogP contribution in [-0.2, 0) is 34.0 Å². The molecule has 8 radical (unpaired) electrons. The number of hydrogen-bond donors (Lipinski definition) is 5. The molecule has 5 N–H and O–H groups in total. The van der Waals surface area contributed by atoms with Crippen molar-refractivity contribution in [3.8, 4) is 17.2 Å². The molecule has 11 nitrogen and oxygen atoms in total. The molecule has 2 fully saturated rings. The number of nitrogens with one attached hydrogen (secondary N) is 2. The fraction of sp³-hybridized carbons (Fsp3) is 0.400. The Balaban J connectivity index is 1.42. The molecule has 3 amide bonds. The van der Waals surface area contributed by atoms with Crippen molar-refractivity contribution in [3.63, 3.8) is 0 Å². The number of rotatable bonds is 6. The summed E-state index contributed by atoms with van der Waals surface area (Å²) >= 11 is 0. The van der Waals surface area contributed by atoms with Crippen LogP contribution in [-0.4, -0.2) is 107 Å². The molecule has 0 saturated carbocycles. The van der Waals surface area contributed by atoms with Crippen LogP contribution in [0.2, 0.25) is 10.4 Å². The second kappa shape index (κ2) is 10.3. The summed E-state index contributed by atoms with van der Waals surface area (Å²) in [6.07, 6.45) is 0. The minimum Gasteiger partial charge on any atom is -0.504 e. The molecular formula is C25H23B4FN4O7. The van der Waals surface area contributed by atoms with Crippen LogP contribution in [0.4, 0.5) is 10.1 Å². The summed E-state index contributed by atoms with van der Waals surface area (Å²) in [5, 5.41) is 31.3. The molecule has 0 bridgehead atoms. The average molecular weight is 554 g/mol. The minimum atomic E-state index is -2.47. The molecule has 1 unspecified atom stereocenters. The Hall–Kier alpha value is -3.64. The van der Waals surface area contributed by atoms with Crippen molar-refractivity contribution in [1.82, 2.24) is 15.1 Å². The molecule has 5 rings (SSSR count). The van der Waals surface area contributed by atoms with Crippen molar-refractivity contribution in [3.05, 3.63) is 46.3 Å². The van der Waals surface area contributed by atoms with E-state index in [9.17, 15) is 29.7 Å². The number of carbonyl (C=O) groups is 3. The van der Waals surface area contributed by atoms with Crippen LogP contribution in [0.3, 0.4) is 0 Å². The first kappa shape index (κ1) is 28.9. The maximum absolute atomic E-state index is 15.0. The highest BCUT2D eigenvalue weighted by Gasteiger charge is 2.57. The fourth-order valence-electron chi connectivity index (χ4n) is 5.29. The number of hydrogen-bond acceptors (Lipinski definition) is 9. The maximum atomic E-state index is 15.0. The number of anilines is 1. The van der Waals surface area contributed by atoms with E-state index in [2.05, 4.69) is 10.2 Å². The monoisotopic (exact) mass is 554 g/mol. The van der Waals surface area contributed by atoms with Crippen LogP contribution in [0.5, 0.6) is 17.2 Å². The number of nitrogens with zero attached hydrogens (tertiary/aromatic N) is 2. The van der Waals surface area contributed by atoms with E-state index in [0.717, 1.165) is 23.6 Å². The highest BCUT2D eigenvalue weighted by atomic mass is 19.1. The number of fused-ring (bicyclic) bond motifs is 1. The number of morpholine rings is 1. The van der Waals surface area contributed by atoms with Crippen LogP contribution in [0, 0.1) is 5.82 Å². The lowest BCUT2D eigenvalue weighted by Gasteiger charge is -2.53. The van der Waals surface area contributed by atoms with Crippen LogP contribution in [0.1, 0.15) is 27.0 Å². The first-order valence-electron chi connectivity index (χ1n) is 12.7. The summed E-state index contributed by atoms with van der Waals surface area (Å²) in [5.41, 5.74) is 0.243. The second-order valence-corrected chi connectivity index (χ2v) is 10.4. The Kier molecular flexibility index (Phi) is 7.27. The van der Waals surface area contributed by atoms with Gasteiger partial charge < -0.3 is 30.3 Å². The van der Waals surface area contributed by atoms with Gasteiger partial charge in [-0.25, -0.2) is 4.39 Å². The fourth-order valence-corrected chi connectivity index (χ4v) is 5.29. The number of phenolic OH excluding ortho intramolecular Hbond substituents is 3. The molecule has 1 atom stereocenters. The number of imide groups is 1. The molecule has 41 heavy (non-hydrogen) atoms. The van der Waals surface area contributed by atoms with Gasteiger partial charge in [-0.05, 0) is 16.8 Å². The average Bonchev–Trinajstić information content (AvgIpc) is 3.24. The number of aromatic hydroxyl groups is 3. The highest BCUT2D eigenvalue weighted by molar-refractivity contribution is 6.63. The van der Waals surface area contributed by atoms with Gasteiger partial charge in [0.05, 0.1) is 55.8 Å². The molecule has 3 aliphatic heterocycles. The number of halogens is 1. The molecule has 204 valence electrons. The maximum Gasteiger partial charge on any atom is 0.259 e. The Morgan fingerprint density at radius 3 is 2.39 bits per heavy atom. The molecule has 2 saturated heterocycles. The van der Waals surface area contributed by atoms with E-state index in [1.807, 2.05) is 5.32 Å². The molecule has 0 aliphatic carbocycles. The van der Waals surface area contributed by atoms with Crippen molar-refractivity contribution in [2.75, 3.05) is 31.6 Å². The molecule has 2 aromatic carbocycles. The summed E-state index contributed by atoms with van der Waals surface area (Å²) in [6, 6.07) is 2.93. The smallest absolute Gasteiger partial charge is 0.259 e. The first-order chi connectivity index (χ1) is 19.3. The molecule has 16 heteroatoms. The number of benzene rings is 2. The van der Waals surface area contributed by atoms with E-state index in [4.69, 9.17) is 36.1 Å². The van der Waals surface area contributed by atoms with Crippen LogP contribution >= 0.6 is 0 Å². The standard InChI is InChI=1S/C25H23B4FN4O7/c26-24(27)20(21(38)32-23(40)25(24,28)29)34-10-13-15(22(34)39)17(35)19(37)18(36)16(13)31-8-12-2-1-11(7-14(12)30)9-33-3-5-41-6-4-33/h1-2,7,20,31,35-37H,3-6,8-10H2,(H,32,38,40). The predicted octanol–water partition coefficient (Wildman–Crippen LogP) is -0.726. The SMILES string of the molecule is [B]C1([B])C(=O)NC(=O)C(N2Cc3c(NCc4ccc(CN5CCOCC5)cc4F)c(O)c(O)c(O)c3C2=O)C1([B])[B]. The Morgan fingerprint density at radius 2 is 1.73 bits per heavy atom. The van der Waals surface area contributed by atoms with E-state index in [0.29, 0.717) is 19.8 Å². The number of phenols is 3. The van der Waals surface area contributed by atoms with E-state index < -0.39 is 69.4 Å². The summed E-state index contributed by atoms with van der Waals surface area (Å²) in [4.78, 5) is 41.3. The first-order valence-corrected chi connectivity index (χ1v) is 12.7. The Morgan fingerprint density at radius 1 is 1.05 bits per heavy atom. The third-order valence-corrected chi connectivity index (χ3v) is 7.75. The number of carbonyl (C=O) groups excluding carboxylic acids is 3. The van der Waals surface area contributed by atoms with E-state index in [1.165, 1.54) is 6.07 Å². The van der Waals surface area contributed by atoms with Gasteiger partial charge in [0.25, 0.3) is 5.91 Å². The topological polar surface area (TPSA) is 152 Å². The van der Waals surface area contributed by atoms with Crippen molar-refractivity contribution < 1.29 is 38.8 Å². The third-order valence-electron chi connectivity index (χ3n) is 7.75. The number of piperidine rings is 1. The number of ether oxygens (including phenoxy) is 1. The van der Waals surface area contributed by atoms with E-state index >= 15 is 4.39 Å². The van der Waals surface area contributed by atoms with Gasteiger partial charge >= 0.3 is 0 Å². The zero-order valence-corrected chi connectivity index (χ0v) is 21.8. The minimum absolute atomic E-state index is 0.0488. The van der Waals surface area contributed by atoms with Gasteiger partial charge in [0, 0.05) is 43.9 Å². The van der Waals surface area contributed by atoms with Crippen LogP contribution in [0.25, 0.3) is 0 Å². The quantitative estimate of drug-likeness (QED) is 0.135. The zero-order valence-electron chi connectivity index (χ0n) is 21.8. The Labute approximate surface area is 240 Å². The van der Waals surface area contributed by atoms with Gasteiger partial charge in [0.15, 0.2) is 11.5 Å². The zero-order chi connectivity index (χ0) is 29.9. The van der Waals surface area contributed by atoms with Gasteiger partial charge in [0.1, 0.15) is 11.9 Å². The lowest BCUT2D eigenvalue weighted by Crippen LogP contribution is -2.66. The largest absolute Gasteiger partial charge is 0.504 e. The third kappa shape index (κ3) is 4.72. The van der Waals surface area contributed by atoms with Crippen LogP contribution < -0.4 is 10.6 Å². The van der Waals surface area contributed by atoms with Crippen molar-refractivity contribution in [1.29, 1.82) is 0 Å². The predicted molar refractivity (Wildman–Crippen MR) is 146 cm³/mol. The highest BCUT2D eigenvalue weighted by Crippen LogP contribution is 2.54. The lowest BCUT2D eigenvalue weighted by atomic mass is 9.26. The van der Waals surface area contributed by atoms with Gasteiger partial charge in [0.2, 0.25) is 17.6 Å². The summed E-state index contributed by atoms with van der Waals surface area (Å²) < 4.78 is 20.3. The van der Waals surface area contributed by atoms with Crippen molar-refractivity contribution in [2.24, 2.45) is 0 Å². The van der Waals surface area contributed by atoms with Gasteiger partial charge in [-0.15, -0.1) is 0 Å². The summed E-state index contributed by atoms with van der Waals surface area (Å²) in [6.45, 7) is 2.58. The number of amides is 3.